The first-order chi connectivity index (χ1) is 11.5. The quantitative estimate of drug-likeness (QED) is 0.732. The van der Waals surface area contributed by atoms with Crippen LogP contribution in [0.4, 0.5) is 5.13 Å². The van der Waals surface area contributed by atoms with E-state index in [0.29, 0.717) is 16.2 Å². The van der Waals surface area contributed by atoms with E-state index in [2.05, 4.69) is 20.3 Å². The predicted octanol–water partition coefficient (Wildman–Crippen LogP) is 2.58. The fraction of sp³-hybridized carbons (Fsp3) is 0.188. The smallest absolute Gasteiger partial charge is 0.341 e. The van der Waals surface area contributed by atoms with Gasteiger partial charge in [-0.3, -0.25) is 20.1 Å². The molecule has 0 fully saturated rings. The molecule has 0 spiro atoms. The molecule has 0 bridgehead atoms. The van der Waals surface area contributed by atoms with Crippen molar-refractivity contribution < 1.29 is 14.3 Å². The Labute approximate surface area is 141 Å². The molecule has 8 heteroatoms. The molecule has 7 nitrogen and oxygen atoms in total. The lowest BCUT2D eigenvalue weighted by atomic mass is 10.2. The number of aryl methyl sites for hydroxylation is 1. The van der Waals surface area contributed by atoms with E-state index in [0.717, 1.165) is 5.69 Å². The molecular weight excluding hydrogens is 328 g/mol. The van der Waals surface area contributed by atoms with Crippen LogP contribution < -0.4 is 5.32 Å². The first-order valence-electron chi connectivity index (χ1n) is 7.18. The van der Waals surface area contributed by atoms with Crippen molar-refractivity contribution in [1.29, 1.82) is 0 Å². The first kappa shape index (κ1) is 16.0. The standard InChI is InChI=1S/C16H14N4O3S/c1-9-8-24-16(19-9)20-14(21)10(2)23-15(22)11-4-3-5-12-13(11)18-7-6-17-12/h3-8,10H,1-2H3,(H,19,20,21). The molecule has 0 radical (unpaired) electrons. The lowest BCUT2D eigenvalue weighted by Gasteiger charge is -2.13. The Morgan fingerprint density at radius 2 is 2.04 bits per heavy atom. The Morgan fingerprint density at radius 3 is 2.79 bits per heavy atom. The van der Waals surface area contributed by atoms with Crippen LogP contribution in [0.25, 0.3) is 11.0 Å². The Bertz CT molecular complexity index is 904. The summed E-state index contributed by atoms with van der Waals surface area (Å²) in [4.78, 5) is 36.9. The van der Waals surface area contributed by atoms with Crippen LogP contribution in [0.1, 0.15) is 23.0 Å². The summed E-state index contributed by atoms with van der Waals surface area (Å²) in [5, 5.41) is 4.91. The molecule has 0 saturated heterocycles. The molecular formula is C16H14N4O3S. The van der Waals surface area contributed by atoms with Crippen molar-refractivity contribution >= 4 is 39.4 Å². The number of carbonyl (C=O) groups excluding carboxylic acids is 2. The van der Waals surface area contributed by atoms with E-state index in [-0.39, 0.29) is 5.56 Å². The zero-order valence-corrected chi connectivity index (χ0v) is 13.8. The summed E-state index contributed by atoms with van der Waals surface area (Å²) in [6.45, 7) is 3.33. The third-order valence-electron chi connectivity index (χ3n) is 3.22. The van der Waals surface area contributed by atoms with E-state index in [9.17, 15) is 9.59 Å². The molecule has 0 aliphatic rings. The number of para-hydroxylation sites is 1. The SMILES string of the molecule is Cc1csc(NC(=O)C(C)OC(=O)c2cccc3nccnc23)n1. The summed E-state index contributed by atoms with van der Waals surface area (Å²) < 4.78 is 5.24. The van der Waals surface area contributed by atoms with Gasteiger partial charge in [0.05, 0.1) is 16.8 Å². The number of thiazole rings is 1. The topological polar surface area (TPSA) is 94.1 Å². The second-order valence-corrected chi connectivity index (χ2v) is 5.92. The maximum Gasteiger partial charge on any atom is 0.341 e. The molecule has 0 saturated carbocycles. The lowest BCUT2D eigenvalue weighted by molar-refractivity contribution is -0.123. The van der Waals surface area contributed by atoms with Gasteiger partial charge >= 0.3 is 5.97 Å². The number of benzene rings is 1. The van der Waals surface area contributed by atoms with Gasteiger partial charge in [0, 0.05) is 17.8 Å². The van der Waals surface area contributed by atoms with Gasteiger partial charge < -0.3 is 4.74 Å². The van der Waals surface area contributed by atoms with Crippen LogP contribution in [-0.4, -0.2) is 32.9 Å². The number of ether oxygens (including phenoxy) is 1. The normalized spacial score (nSPS) is 11.9. The summed E-state index contributed by atoms with van der Waals surface area (Å²) in [7, 11) is 0. The zero-order valence-electron chi connectivity index (χ0n) is 13.0. The number of carbonyl (C=O) groups is 2. The number of esters is 1. The second-order valence-electron chi connectivity index (χ2n) is 5.06. The van der Waals surface area contributed by atoms with Crippen LogP contribution >= 0.6 is 11.3 Å². The largest absolute Gasteiger partial charge is 0.449 e. The number of hydrogen-bond acceptors (Lipinski definition) is 7. The van der Waals surface area contributed by atoms with E-state index >= 15 is 0 Å². The van der Waals surface area contributed by atoms with Crippen molar-refractivity contribution in [2.45, 2.75) is 20.0 Å². The molecule has 1 amide bonds. The summed E-state index contributed by atoms with van der Waals surface area (Å²) >= 11 is 1.31. The van der Waals surface area contributed by atoms with Crippen LogP contribution in [0.15, 0.2) is 36.0 Å². The van der Waals surface area contributed by atoms with Crippen molar-refractivity contribution in [2.75, 3.05) is 5.32 Å². The molecule has 3 aromatic rings. The minimum Gasteiger partial charge on any atom is -0.449 e. The van der Waals surface area contributed by atoms with Crippen LogP contribution in [-0.2, 0) is 9.53 Å². The number of nitrogens with zero attached hydrogens (tertiary/aromatic N) is 3. The summed E-state index contributed by atoms with van der Waals surface area (Å²) in [5.74, 6) is -1.07. The monoisotopic (exact) mass is 342 g/mol. The average Bonchev–Trinajstić information content (AvgIpc) is 2.99. The zero-order chi connectivity index (χ0) is 17.1. The van der Waals surface area contributed by atoms with Crippen LogP contribution in [0.5, 0.6) is 0 Å². The van der Waals surface area contributed by atoms with Crippen molar-refractivity contribution in [3.05, 3.63) is 47.2 Å². The summed E-state index contributed by atoms with van der Waals surface area (Å²) in [6, 6.07) is 5.03. The maximum atomic E-state index is 12.3. The Kier molecular flexibility index (Phi) is 4.48. The van der Waals surface area contributed by atoms with Gasteiger partial charge in [0.2, 0.25) is 0 Å². The van der Waals surface area contributed by atoms with Crippen molar-refractivity contribution in [1.82, 2.24) is 15.0 Å². The minimum absolute atomic E-state index is 0.269. The lowest BCUT2D eigenvalue weighted by Crippen LogP contribution is -2.30. The molecule has 3 rings (SSSR count). The average molecular weight is 342 g/mol. The number of anilines is 1. The fourth-order valence-electron chi connectivity index (χ4n) is 2.05. The second kappa shape index (κ2) is 6.71. The minimum atomic E-state index is -0.964. The van der Waals surface area contributed by atoms with E-state index in [4.69, 9.17) is 4.74 Å². The van der Waals surface area contributed by atoms with Gasteiger partial charge in [-0.1, -0.05) is 6.07 Å². The van der Waals surface area contributed by atoms with Crippen LogP contribution in [0.2, 0.25) is 0 Å². The fourth-order valence-corrected chi connectivity index (χ4v) is 2.74. The van der Waals surface area contributed by atoms with E-state index in [1.807, 2.05) is 12.3 Å². The van der Waals surface area contributed by atoms with E-state index < -0.39 is 18.0 Å². The number of amides is 1. The number of nitrogens with one attached hydrogen (secondary N) is 1. The molecule has 1 aromatic carbocycles. The van der Waals surface area contributed by atoms with Crippen molar-refractivity contribution in [3.8, 4) is 0 Å². The van der Waals surface area contributed by atoms with Crippen molar-refractivity contribution in [2.24, 2.45) is 0 Å². The predicted molar refractivity (Wildman–Crippen MR) is 89.9 cm³/mol. The van der Waals surface area contributed by atoms with Crippen LogP contribution in [0, 0.1) is 6.92 Å². The van der Waals surface area contributed by atoms with Crippen molar-refractivity contribution in [3.63, 3.8) is 0 Å². The van der Waals surface area contributed by atoms with Gasteiger partial charge in [-0.2, -0.15) is 0 Å². The number of rotatable bonds is 4. The molecule has 1 atom stereocenters. The molecule has 0 aliphatic heterocycles. The van der Waals surface area contributed by atoms with E-state index in [1.54, 1.807) is 24.4 Å². The van der Waals surface area contributed by atoms with E-state index in [1.165, 1.54) is 24.5 Å². The number of aromatic nitrogens is 3. The maximum absolute atomic E-state index is 12.3. The first-order valence-corrected chi connectivity index (χ1v) is 8.06. The summed E-state index contributed by atoms with van der Waals surface area (Å²) in [6.07, 6.45) is 2.08. The van der Waals surface area contributed by atoms with Crippen LogP contribution in [0.3, 0.4) is 0 Å². The Morgan fingerprint density at radius 1 is 1.25 bits per heavy atom. The third kappa shape index (κ3) is 3.38. The van der Waals surface area contributed by atoms with Gasteiger partial charge in [0.25, 0.3) is 5.91 Å². The number of fused-ring (bicyclic) bond motifs is 1. The number of hydrogen-bond donors (Lipinski definition) is 1. The molecule has 0 aliphatic carbocycles. The van der Waals surface area contributed by atoms with Gasteiger partial charge in [0.15, 0.2) is 11.2 Å². The Balaban J connectivity index is 1.72. The van der Waals surface area contributed by atoms with Gasteiger partial charge in [-0.05, 0) is 26.0 Å². The highest BCUT2D eigenvalue weighted by Gasteiger charge is 2.21. The molecule has 122 valence electrons. The molecule has 2 aromatic heterocycles. The highest BCUT2D eigenvalue weighted by atomic mass is 32.1. The van der Waals surface area contributed by atoms with Gasteiger partial charge in [-0.25, -0.2) is 9.78 Å². The Hall–Kier alpha value is -2.87. The summed E-state index contributed by atoms with van der Waals surface area (Å²) in [5.41, 5.74) is 2.11. The molecule has 24 heavy (non-hydrogen) atoms. The molecule has 2 heterocycles. The third-order valence-corrected chi connectivity index (χ3v) is 4.10. The van der Waals surface area contributed by atoms with Gasteiger partial charge in [0.1, 0.15) is 5.52 Å². The molecule has 1 N–H and O–H groups in total. The molecule has 1 unspecified atom stereocenters. The highest BCUT2D eigenvalue weighted by molar-refractivity contribution is 7.13. The van der Waals surface area contributed by atoms with Gasteiger partial charge in [-0.15, -0.1) is 11.3 Å². The highest BCUT2D eigenvalue weighted by Crippen LogP contribution is 2.17.